The van der Waals surface area contributed by atoms with Crippen molar-refractivity contribution in [1.82, 2.24) is 9.71 Å². The van der Waals surface area contributed by atoms with E-state index >= 15 is 0 Å². The highest BCUT2D eigenvalue weighted by Crippen LogP contribution is 2.30. The Balaban J connectivity index is 1.36. The van der Waals surface area contributed by atoms with Crippen LogP contribution in [-0.2, 0) is 15.4 Å². The Labute approximate surface area is 202 Å². The monoisotopic (exact) mass is 485 g/mol. The van der Waals surface area contributed by atoms with Gasteiger partial charge in [-0.15, -0.1) is 0 Å². The summed E-state index contributed by atoms with van der Waals surface area (Å²) in [7, 11) is -3.53. The van der Waals surface area contributed by atoms with Gasteiger partial charge >= 0.3 is 0 Å². The van der Waals surface area contributed by atoms with Gasteiger partial charge in [0.15, 0.2) is 0 Å². The van der Waals surface area contributed by atoms with Crippen LogP contribution in [-0.4, -0.2) is 25.5 Å². The molecular formula is C26H32ClN3O2S. The van der Waals surface area contributed by atoms with Gasteiger partial charge in [0.1, 0.15) is 0 Å². The van der Waals surface area contributed by atoms with E-state index in [1.807, 2.05) is 36.4 Å². The van der Waals surface area contributed by atoms with Crippen molar-refractivity contribution in [2.24, 2.45) is 0 Å². The van der Waals surface area contributed by atoms with Crippen LogP contribution in [0.3, 0.4) is 0 Å². The molecule has 1 aliphatic rings. The van der Waals surface area contributed by atoms with Crippen molar-refractivity contribution in [2.75, 3.05) is 5.32 Å². The highest BCUT2D eigenvalue weighted by molar-refractivity contribution is 7.89. The summed E-state index contributed by atoms with van der Waals surface area (Å²) < 4.78 is 28.8. The standard InChI is InChI=1S/C26H32ClN3O2S/c1-4-26(2,3)18-5-12-22(13-6-18)33(31,32)30-21-10-8-20(9-11-21)29-24-15-16-28-25-17-19(27)7-14-23(24)25/h5-7,12-17,20-21,30H,4,8-11H2,1-3H3,(H,28,29). The summed E-state index contributed by atoms with van der Waals surface area (Å²) in [4.78, 5) is 4.73. The second-order valence-electron chi connectivity index (χ2n) is 9.60. The summed E-state index contributed by atoms with van der Waals surface area (Å²) in [6, 6.07) is 15.3. The zero-order chi connectivity index (χ0) is 23.6. The Morgan fingerprint density at radius 1 is 1.00 bits per heavy atom. The molecule has 2 N–H and O–H groups in total. The van der Waals surface area contributed by atoms with Gasteiger partial charge in [-0.1, -0.05) is 44.5 Å². The molecular weight excluding hydrogens is 454 g/mol. The maximum Gasteiger partial charge on any atom is 0.240 e. The molecule has 0 saturated heterocycles. The van der Waals surface area contributed by atoms with Gasteiger partial charge < -0.3 is 5.32 Å². The number of anilines is 1. The van der Waals surface area contributed by atoms with Crippen molar-refractivity contribution in [2.45, 2.75) is 75.3 Å². The van der Waals surface area contributed by atoms with Gasteiger partial charge in [0.05, 0.1) is 10.4 Å². The summed E-state index contributed by atoms with van der Waals surface area (Å²) >= 11 is 6.09. The van der Waals surface area contributed by atoms with E-state index in [9.17, 15) is 8.42 Å². The summed E-state index contributed by atoms with van der Waals surface area (Å²) in [5.41, 5.74) is 3.09. The van der Waals surface area contributed by atoms with E-state index in [4.69, 9.17) is 11.6 Å². The van der Waals surface area contributed by atoms with Gasteiger partial charge in [-0.05, 0) is 79.5 Å². The number of pyridine rings is 1. The molecule has 1 fully saturated rings. The van der Waals surface area contributed by atoms with Gasteiger partial charge in [-0.2, -0.15) is 0 Å². The van der Waals surface area contributed by atoms with Crippen LogP contribution in [0.4, 0.5) is 5.69 Å². The number of sulfonamides is 1. The Bertz CT molecular complexity index is 1220. The second-order valence-corrected chi connectivity index (χ2v) is 11.7. The maximum atomic E-state index is 12.9. The average molecular weight is 486 g/mol. The van der Waals surface area contributed by atoms with Gasteiger partial charge in [-0.25, -0.2) is 13.1 Å². The minimum Gasteiger partial charge on any atom is -0.382 e. The molecule has 0 bridgehead atoms. The molecule has 0 atom stereocenters. The third kappa shape index (κ3) is 5.51. The first-order chi connectivity index (χ1) is 15.7. The van der Waals surface area contributed by atoms with Crippen LogP contribution in [0.2, 0.25) is 5.02 Å². The smallest absolute Gasteiger partial charge is 0.240 e. The van der Waals surface area contributed by atoms with Crippen molar-refractivity contribution in [1.29, 1.82) is 0 Å². The minimum atomic E-state index is -3.53. The minimum absolute atomic E-state index is 0.0352. The lowest BCUT2D eigenvalue weighted by atomic mass is 9.82. The van der Waals surface area contributed by atoms with E-state index in [0.29, 0.717) is 16.0 Å². The lowest BCUT2D eigenvalue weighted by molar-refractivity contribution is 0.387. The first-order valence-electron chi connectivity index (χ1n) is 11.6. The highest BCUT2D eigenvalue weighted by atomic mass is 35.5. The normalized spacial score (nSPS) is 19.5. The summed E-state index contributed by atoms with van der Waals surface area (Å²) in [6.07, 6.45) is 6.17. The Hall–Kier alpha value is -2.15. The number of fused-ring (bicyclic) bond motifs is 1. The van der Waals surface area contributed by atoms with Crippen LogP contribution >= 0.6 is 11.6 Å². The maximum absolute atomic E-state index is 12.9. The van der Waals surface area contributed by atoms with Crippen molar-refractivity contribution in [3.8, 4) is 0 Å². The Morgan fingerprint density at radius 2 is 1.67 bits per heavy atom. The highest BCUT2D eigenvalue weighted by Gasteiger charge is 2.26. The number of hydrogen-bond donors (Lipinski definition) is 2. The van der Waals surface area contributed by atoms with E-state index in [0.717, 1.165) is 54.3 Å². The van der Waals surface area contributed by atoms with E-state index in [1.54, 1.807) is 18.3 Å². The van der Waals surface area contributed by atoms with Crippen LogP contribution in [0.15, 0.2) is 59.6 Å². The number of aromatic nitrogens is 1. The number of benzene rings is 2. The number of nitrogens with zero attached hydrogens (tertiary/aromatic N) is 1. The largest absolute Gasteiger partial charge is 0.382 e. The third-order valence-corrected chi connectivity index (χ3v) is 8.71. The summed E-state index contributed by atoms with van der Waals surface area (Å²) in [6.45, 7) is 6.49. The first kappa shape index (κ1) is 24.0. The van der Waals surface area contributed by atoms with Gasteiger partial charge in [0, 0.05) is 34.4 Å². The van der Waals surface area contributed by atoms with Crippen LogP contribution in [0.5, 0.6) is 0 Å². The molecule has 0 unspecified atom stereocenters. The number of rotatable bonds is 7. The van der Waals surface area contributed by atoms with Crippen molar-refractivity contribution in [3.05, 3.63) is 65.3 Å². The number of nitrogens with one attached hydrogen (secondary N) is 2. The van der Waals surface area contributed by atoms with Crippen LogP contribution in [0.1, 0.15) is 58.4 Å². The third-order valence-electron chi connectivity index (χ3n) is 6.94. The molecule has 0 radical (unpaired) electrons. The van der Waals surface area contributed by atoms with Crippen molar-refractivity contribution < 1.29 is 8.42 Å². The predicted molar refractivity (Wildman–Crippen MR) is 137 cm³/mol. The lowest BCUT2D eigenvalue weighted by Crippen LogP contribution is -2.40. The molecule has 1 saturated carbocycles. The topological polar surface area (TPSA) is 71.1 Å². The van der Waals surface area contributed by atoms with Crippen LogP contribution in [0, 0.1) is 0 Å². The average Bonchev–Trinajstić information content (AvgIpc) is 2.80. The number of hydrogen-bond acceptors (Lipinski definition) is 4. The van der Waals surface area contributed by atoms with Crippen LogP contribution < -0.4 is 10.0 Å². The molecule has 4 rings (SSSR count). The SMILES string of the molecule is CCC(C)(C)c1ccc(S(=O)(=O)NC2CCC(Nc3ccnc4cc(Cl)ccc34)CC2)cc1. The zero-order valence-corrected chi connectivity index (χ0v) is 21.0. The molecule has 1 heterocycles. The molecule has 33 heavy (non-hydrogen) atoms. The zero-order valence-electron chi connectivity index (χ0n) is 19.4. The van der Waals surface area contributed by atoms with E-state index < -0.39 is 10.0 Å². The molecule has 0 spiro atoms. The molecule has 176 valence electrons. The molecule has 1 aliphatic carbocycles. The first-order valence-corrected chi connectivity index (χ1v) is 13.5. The molecule has 5 nitrogen and oxygen atoms in total. The molecule has 1 aromatic heterocycles. The molecule has 7 heteroatoms. The molecule has 3 aromatic rings. The van der Waals surface area contributed by atoms with Gasteiger partial charge in [-0.3, -0.25) is 4.98 Å². The summed E-state index contributed by atoms with van der Waals surface area (Å²) in [5, 5.41) is 5.34. The fraction of sp³-hybridized carbons (Fsp3) is 0.423. The fourth-order valence-electron chi connectivity index (χ4n) is 4.40. The van der Waals surface area contributed by atoms with Gasteiger partial charge in [0.25, 0.3) is 0 Å². The molecule has 0 amide bonds. The second kappa shape index (κ2) is 9.61. The summed E-state index contributed by atoms with van der Waals surface area (Å²) in [5.74, 6) is 0. The molecule has 2 aromatic carbocycles. The Morgan fingerprint density at radius 3 is 2.33 bits per heavy atom. The van der Waals surface area contributed by atoms with Crippen LogP contribution in [0.25, 0.3) is 10.9 Å². The predicted octanol–water partition coefficient (Wildman–Crippen LogP) is 6.28. The van der Waals surface area contributed by atoms with Gasteiger partial charge in [0.2, 0.25) is 10.0 Å². The lowest BCUT2D eigenvalue weighted by Gasteiger charge is -2.30. The van der Waals surface area contributed by atoms with Crippen molar-refractivity contribution in [3.63, 3.8) is 0 Å². The quantitative estimate of drug-likeness (QED) is 0.413. The van der Waals surface area contributed by atoms with E-state index in [2.05, 4.69) is 35.8 Å². The van der Waals surface area contributed by atoms with E-state index in [-0.39, 0.29) is 11.5 Å². The van der Waals surface area contributed by atoms with Crippen molar-refractivity contribution >= 4 is 38.2 Å². The van der Waals surface area contributed by atoms with E-state index in [1.165, 1.54) is 0 Å². The molecule has 0 aliphatic heterocycles. The number of halogens is 1. The Kier molecular flexibility index (Phi) is 6.99. The fourth-order valence-corrected chi connectivity index (χ4v) is 5.87.